The van der Waals surface area contributed by atoms with E-state index in [-0.39, 0.29) is 0 Å². The fourth-order valence-corrected chi connectivity index (χ4v) is 3.86. The monoisotopic (exact) mass is 317 g/mol. The third-order valence-corrected chi connectivity index (χ3v) is 5.12. The van der Waals surface area contributed by atoms with Gasteiger partial charge < -0.3 is 10.3 Å². The molecule has 0 fully saturated rings. The number of hydrogen-bond donors (Lipinski definition) is 1. The van der Waals surface area contributed by atoms with Crippen molar-refractivity contribution < 1.29 is 0 Å². The Labute approximate surface area is 130 Å². The van der Waals surface area contributed by atoms with Gasteiger partial charge in [0.05, 0.1) is 27.2 Å². The molecule has 0 aliphatic rings. The zero-order valence-electron chi connectivity index (χ0n) is 12.0. The summed E-state index contributed by atoms with van der Waals surface area (Å²) in [4.78, 5) is 0.856. The van der Waals surface area contributed by atoms with Crippen molar-refractivity contribution in [3.8, 4) is 0 Å². The standard InChI is InChI=1S/C14H15N5S2/c1-8(12-9(2)18-21-13(12)15)16-17-14-19(3)10-6-4-5-7-11(10)20-14/h4-7H,15H2,1-3H3/b16-8-,17-14?. The summed E-state index contributed by atoms with van der Waals surface area (Å²) in [6.45, 7) is 3.84. The van der Waals surface area contributed by atoms with Gasteiger partial charge in [-0.25, -0.2) is 0 Å². The fourth-order valence-electron chi connectivity index (χ4n) is 2.17. The van der Waals surface area contributed by atoms with Crippen molar-refractivity contribution in [1.82, 2.24) is 8.94 Å². The normalized spacial score (nSPS) is 13.3. The lowest BCUT2D eigenvalue weighted by atomic mass is 10.2. The topological polar surface area (TPSA) is 68.6 Å². The van der Waals surface area contributed by atoms with Gasteiger partial charge in [0, 0.05) is 7.05 Å². The van der Waals surface area contributed by atoms with E-state index in [0.29, 0.717) is 5.00 Å². The summed E-state index contributed by atoms with van der Waals surface area (Å²) >= 11 is 2.91. The second-order valence-corrected chi connectivity index (χ2v) is 6.52. The number of aryl methyl sites for hydroxylation is 2. The predicted octanol–water partition coefficient (Wildman–Crippen LogP) is 2.91. The number of thiazole rings is 1. The molecular weight excluding hydrogens is 302 g/mol. The van der Waals surface area contributed by atoms with Gasteiger partial charge in [0.1, 0.15) is 5.00 Å². The van der Waals surface area contributed by atoms with Gasteiger partial charge in [-0.3, -0.25) is 0 Å². The molecule has 3 aromatic rings. The molecule has 21 heavy (non-hydrogen) atoms. The molecular formula is C14H15N5S2. The van der Waals surface area contributed by atoms with Crippen molar-refractivity contribution in [2.75, 3.05) is 5.73 Å². The van der Waals surface area contributed by atoms with Crippen molar-refractivity contribution in [2.24, 2.45) is 17.3 Å². The third-order valence-electron chi connectivity index (χ3n) is 3.25. The van der Waals surface area contributed by atoms with Crippen molar-refractivity contribution in [1.29, 1.82) is 0 Å². The maximum atomic E-state index is 5.93. The maximum Gasteiger partial charge on any atom is 0.211 e. The summed E-state index contributed by atoms with van der Waals surface area (Å²) in [7, 11) is 1.99. The summed E-state index contributed by atoms with van der Waals surface area (Å²) in [5.74, 6) is 0. The number of para-hydroxylation sites is 1. The number of rotatable bonds is 2. The first-order valence-corrected chi connectivity index (χ1v) is 8.02. The van der Waals surface area contributed by atoms with Crippen LogP contribution in [0.15, 0.2) is 34.5 Å². The SMILES string of the molecule is C/C(=N/N=c1sc2ccccc2n1C)c1c(C)nsc1N. The van der Waals surface area contributed by atoms with Crippen molar-refractivity contribution in [2.45, 2.75) is 13.8 Å². The largest absolute Gasteiger partial charge is 0.389 e. The summed E-state index contributed by atoms with van der Waals surface area (Å²) in [5.41, 5.74) is 9.67. The second kappa shape index (κ2) is 5.42. The molecule has 0 saturated carbocycles. The second-order valence-electron chi connectivity index (χ2n) is 4.70. The van der Waals surface area contributed by atoms with Gasteiger partial charge in [-0.1, -0.05) is 23.5 Å². The van der Waals surface area contributed by atoms with Crippen LogP contribution in [0, 0.1) is 6.92 Å². The van der Waals surface area contributed by atoms with Gasteiger partial charge in [-0.05, 0) is 37.5 Å². The maximum absolute atomic E-state index is 5.93. The number of benzene rings is 1. The molecule has 0 radical (unpaired) electrons. The molecule has 7 heteroatoms. The van der Waals surface area contributed by atoms with Crippen molar-refractivity contribution in [3.05, 3.63) is 40.3 Å². The van der Waals surface area contributed by atoms with Gasteiger partial charge in [-0.15, -0.1) is 5.10 Å². The van der Waals surface area contributed by atoms with E-state index in [1.54, 1.807) is 11.3 Å². The average molecular weight is 317 g/mol. The molecule has 0 spiro atoms. The number of nitrogens with zero attached hydrogens (tertiary/aromatic N) is 4. The molecule has 0 unspecified atom stereocenters. The van der Waals surface area contributed by atoms with E-state index in [9.17, 15) is 0 Å². The first-order valence-electron chi connectivity index (χ1n) is 6.43. The number of fused-ring (bicyclic) bond motifs is 1. The van der Waals surface area contributed by atoms with Crippen LogP contribution in [0.4, 0.5) is 5.00 Å². The van der Waals surface area contributed by atoms with Crippen LogP contribution in [0.25, 0.3) is 10.2 Å². The smallest absolute Gasteiger partial charge is 0.211 e. The van der Waals surface area contributed by atoms with Crippen LogP contribution >= 0.6 is 22.9 Å². The highest BCUT2D eigenvalue weighted by atomic mass is 32.1. The highest BCUT2D eigenvalue weighted by Crippen LogP contribution is 2.21. The summed E-state index contributed by atoms with van der Waals surface area (Å²) in [5, 5.41) is 9.39. The van der Waals surface area contributed by atoms with Crippen LogP contribution in [0.3, 0.4) is 0 Å². The zero-order valence-corrected chi connectivity index (χ0v) is 13.6. The Bertz CT molecular complexity index is 878. The van der Waals surface area contributed by atoms with Crippen LogP contribution in [0.2, 0.25) is 0 Å². The van der Waals surface area contributed by atoms with E-state index >= 15 is 0 Å². The van der Waals surface area contributed by atoms with Crippen LogP contribution in [-0.2, 0) is 7.05 Å². The molecule has 2 aromatic heterocycles. The van der Waals surface area contributed by atoms with Crippen molar-refractivity contribution in [3.63, 3.8) is 0 Å². The molecule has 2 heterocycles. The van der Waals surface area contributed by atoms with E-state index in [1.807, 2.05) is 37.6 Å². The molecule has 0 bridgehead atoms. The predicted molar refractivity (Wildman–Crippen MR) is 89.8 cm³/mol. The molecule has 2 N–H and O–H groups in total. The first kappa shape index (κ1) is 14.0. The minimum Gasteiger partial charge on any atom is -0.389 e. The number of nitrogens with two attached hydrogens (primary N) is 1. The number of hydrogen-bond acceptors (Lipinski definition) is 6. The molecule has 3 rings (SSSR count). The van der Waals surface area contributed by atoms with E-state index in [4.69, 9.17) is 5.73 Å². The van der Waals surface area contributed by atoms with E-state index in [2.05, 4.69) is 26.7 Å². The molecule has 1 aromatic carbocycles. The molecule has 0 saturated heterocycles. The Morgan fingerprint density at radius 1 is 1.33 bits per heavy atom. The number of aromatic nitrogens is 2. The number of anilines is 1. The lowest BCUT2D eigenvalue weighted by molar-refractivity contribution is 0.888. The number of nitrogen functional groups attached to an aromatic ring is 1. The molecule has 108 valence electrons. The van der Waals surface area contributed by atoms with Gasteiger partial charge >= 0.3 is 0 Å². The lowest BCUT2D eigenvalue weighted by Crippen LogP contribution is -2.09. The molecule has 5 nitrogen and oxygen atoms in total. The van der Waals surface area contributed by atoms with Crippen LogP contribution in [0.5, 0.6) is 0 Å². The highest BCUT2D eigenvalue weighted by Gasteiger charge is 2.10. The fraction of sp³-hybridized carbons (Fsp3) is 0.214. The third kappa shape index (κ3) is 2.50. The van der Waals surface area contributed by atoms with Crippen LogP contribution < -0.4 is 10.5 Å². The van der Waals surface area contributed by atoms with E-state index in [1.165, 1.54) is 16.2 Å². The van der Waals surface area contributed by atoms with E-state index in [0.717, 1.165) is 27.3 Å². The average Bonchev–Trinajstić information content (AvgIpc) is 2.97. The minimum absolute atomic E-state index is 0.685. The van der Waals surface area contributed by atoms with Gasteiger partial charge in [-0.2, -0.15) is 9.47 Å². The minimum atomic E-state index is 0.685. The highest BCUT2D eigenvalue weighted by molar-refractivity contribution is 7.16. The van der Waals surface area contributed by atoms with E-state index < -0.39 is 0 Å². The molecule has 0 amide bonds. The van der Waals surface area contributed by atoms with Crippen LogP contribution in [0.1, 0.15) is 18.2 Å². The Kier molecular flexibility index (Phi) is 3.60. The van der Waals surface area contributed by atoms with Crippen LogP contribution in [-0.4, -0.2) is 14.7 Å². The molecule has 0 aliphatic heterocycles. The van der Waals surface area contributed by atoms with Gasteiger partial charge in [0.2, 0.25) is 4.80 Å². The Morgan fingerprint density at radius 3 is 2.76 bits per heavy atom. The summed E-state index contributed by atoms with van der Waals surface area (Å²) in [6, 6.07) is 8.21. The lowest BCUT2D eigenvalue weighted by Gasteiger charge is -1.97. The zero-order chi connectivity index (χ0) is 15.0. The summed E-state index contributed by atoms with van der Waals surface area (Å²) in [6.07, 6.45) is 0. The Balaban J connectivity index is 2.09. The summed E-state index contributed by atoms with van der Waals surface area (Å²) < 4.78 is 7.47. The van der Waals surface area contributed by atoms with Crippen molar-refractivity contribution >= 4 is 43.8 Å². The van der Waals surface area contributed by atoms with Gasteiger partial charge in [0.15, 0.2) is 0 Å². The quantitative estimate of drug-likeness (QED) is 0.583. The molecule has 0 aliphatic carbocycles. The molecule has 0 atom stereocenters. The Hall–Kier alpha value is -1.99. The van der Waals surface area contributed by atoms with Gasteiger partial charge in [0.25, 0.3) is 0 Å². The Morgan fingerprint density at radius 2 is 2.10 bits per heavy atom. The first-order chi connectivity index (χ1) is 10.1.